The average molecular weight is 258 g/mol. The normalized spacial score (nSPS) is 11.2. The number of benzene rings is 1. The second-order valence-electron chi connectivity index (χ2n) is 5.48. The first-order valence-corrected chi connectivity index (χ1v) is 7.87. The molecule has 0 aliphatic heterocycles. The molecule has 1 heteroatoms. The lowest BCUT2D eigenvalue weighted by molar-refractivity contribution is 0.518. The molecular formula is C18H26O. The van der Waals surface area contributed by atoms with Gasteiger partial charge in [0.25, 0.3) is 0 Å². The molecule has 1 nitrogen and oxygen atoms in total. The number of para-hydroxylation sites is 1. The number of aryl methyl sites for hydroxylation is 1. The van der Waals surface area contributed by atoms with Gasteiger partial charge in [-0.2, -0.15) is 0 Å². The molecule has 2 rings (SSSR count). The average Bonchev–Trinajstić information content (AvgIpc) is 2.84. The minimum atomic E-state index is 1.03. The first kappa shape index (κ1) is 14.2. The number of unbranched alkanes of at least 4 members (excludes halogenated alkanes) is 7. The maximum absolute atomic E-state index is 5.83. The Kier molecular flexibility index (Phi) is 6.00. The highest BCUT2D eigenvalue weighted by Crippen LogP contribution is 2.20. The van der Waals surface area contributed by atoms with E-state index in [9.17, 15) is 0 Å². The monoisotopic (exact) mass is 258 g/mol. The predicted molar refractivity (Wildman–Crippen MR) is 82.5 cm³/mol. The van der Waals surface area contributed by atoms with E-state index < -0.39 is 0 Å². The van der Waals surface area contributed by atoms with E-state index in [1.165, 1.54) is 56.8 Å². The molecule has 0 atom stereocenters. The third kappa shape index (κ3) is 4.74. The molecule has 19 heavy (non-hydrogen) atoms. The lowest BCUT2D eigenvalue weighted by Gasteiger charge is -2.00. The van der Waals surface area contributed by atoms with Gasteiger partial charge in [-0.25, -0.2) is 0 Å². The number of hydrogen-bond acceptors (Lipinski definition) is 1. The van der Waals surface area contributed by atoms with Crippen molar-refractivity contribution < 1.29 is 4.42 Å². The van der Waals surface area contributed by atoms with Crippen molar-refractivity contribution in [2.24, 2.45) is 0 Å². The molecule has 0 saturated heterocycles. The fraction of sp³-hybridized carbons (Fsp3) is 0.556. The highest BCUT2D eigenvalue weighted by atomic mass is 16.3. The third-order valence-electron chi connectivity index (χ3n) is 3.75. The van der Waals surface area contributed by atoms with Gasteiger partial charge in [0.1, 0.15) is 11.3 Å². The largest absolute Gasteiger partial charge is 0.461 e. The fourth-order valence-corrected chi connectivity index (χ4v) is 2.59. The molecule has 0 spiro atoms. The van der Waals surface area contributed by atoms with E-state index in [0.29, 0.717) is 0 Å². The zero-order valence-electron chi connectivity index (χ0n) is 12.2. The molecular weight excluding hydrogens is 232 g/mol. The van der Waals surface area contributed by atoms with Gasteiger partial charge in [0.15, 0.2) is 0 Å². The molecule has 0 saturated carbocycles. The van der Waals surface area contributed by atoms with Gasteiger partial charge in [-0.05, 0) is 18.6 Å². The summed E-state index contributed by atoms with van der Waals surface area (Å²) in [7, 11) is 0. The molecule has 104 valence electrons. The molecule has 2 aromatic rings. The Morgan fingerprint density at radius 2 is 1.53 bits per heavy atom. The number of rotatable bonds is 9. The fourth-order valence-electron chi connectivity index (χ4n) is 2.59. The van der Waals surface area contributed by atoms with Crippen molar-refractivity contribution in [3.05, 3.63) is 36.1 Å². The van der Waals surface area contributed by atoms with Gasteiger partial charge in [0.2, 0.25) is 0 Å². The summed E-state index contributed by atoms with van der Waals surface area (Å²) >= 11 is 0. The van der Waals surface area contributed by atoms with Crippen LogP contribution in [0.5, 0.6) is 0 Å². The zero-order valence-corrected chi connectivity index (χ0v) is 12.2. The van der Waals surface area contributed by atoms with Crippen molar-refractivity contribution in [2.45, 2.75) is 64.7 Å². The summed E-state index contributed by atoms with van der Waals surface area (Å²) in [4.78, 5) is 0. The van der Waals surface area contributed by atoms with E-state index in [2.05, 4.69) is 25.1 Å². The van der Waals surface area contributed by atoms with E-state index in [1.54, 1.807) is 0 Å². The second-order valence-corrected chi connectivity index (χ2v) is 5.48. The van der Waals surface area contributed by atoms with Crippen molar-refractivity contribution in [3.63, 3.8) is 0 Å². The second kappa shape index (κ2) is 8.04. The van der Waals surface area contributed by atoms with Crippen LogP contribution in [0.25, 0.3) is 11.0 Å². The quantitative estimate of drug-likeness (QED) is 0.494. The van der Waals surface area contributed by atoms with Gasteiger partial charge in [-0.3, -0.25) is 0 Å². The highest BCUT2D eigenvalue weighted by molar-refractivity contribution is 5.77. The summed E-state index contributed by atoms with van der Waals surface area (Å²) in [6.07, 6.45) is 12.0. The summed E-state index contributed by atoms with van der Waals surface area (Å²) in [5.41, 5.74) is 1.03. The molecule has 1 heterocycles. The molecule has 0 N–H and O–H groups in total. The standard InChI is InChI=1S/C18H26O/c1-2-3-4-5-6-7-8-9-13-17-15-16-12-10-11-14-18(16)19-17/h10-12,14-15H,2-9,13H2,1H3. The molecule has 0 aliphatic rings. The van der Waals surface area contributed by atoms with Gasteiger partial charge < -0.3 is 4.42 Å². The van der Waals surface area contributed by atoms with Crippen LogP contribution >= 0.6 is 0 Å². The van der Waals surface area contributed by atoms with E-state index in [-0.39, 0.29) is 0 Å². The van der Waals surface area contributed by atoms with Crippen LogP contribution in [0, 0.1) is 0 Å². The number of furan rings is 1. The van der Waals surface area contributed by atoms with E-state index >= 15 is 0 Å². The smallest absolute Gasteiger partial charge is 0.134 e. The van der Waals surface area contributed by atoms with Gasteiger partial charge in [0.05, 0.1) is 0 Å². The zero-order chi connectivity index (χ0) is 13.3. The van der Waals surface area contributed by atoms with Gasteiger partial charge in [0, 0.05) is 11.8 Å². The van der Waals surface area contributed by atoms with Gasteiger partial charge >= 0.3 is 0 Å². The first-order chi connectivity index (χ1) is 9.40. The Bertz CT molecular complexity index is 436. The Morgan fingerprint density at radius 1 is 0.842 bits per heavy atom. The lowest BCUT2D eigenvalue weighted by atomic mass is 10.1. The maximum atomic E-state index is 5.83. The van der Waals surface area contributed by atoms with Crippen LogP contribution in [-0.2, 0) is 6.42 Å². The molecule has 0 aliphatic carbocycles. The molecule has 1 aromatic heterocycles. The highest BCUT2D eigenvalue weighted by Gasteiger charge is 2.02. The van der Waals surface area contributed by atoms with Crippen molar-refractivity contribution >= 4 is 11.0 Å². The van der Waals surface area contributed by atoms with E-state index in [1.807, 2.05) is 12.1 Å². The topological polar surface area (TPSA) is 13.1 Å². The minimum absolute atomic E-state index is 1.03. The van der Waals surface area contributed by atoms with Crippen molar-refractivity contribution in [3.8, 4) is 0 Å². The molecule has 0 fully saturated rings. The van der Waals surface area contributed by atoms with Crippen molar-refractivity contribution in [2.75, 3.05) is 0 Å². The van der Waals surface area contributed by atoms with Crippen LogP contribution in [0.15, 0.2) is 34.7 Å². The molecule has 0 radical (unpaired) electrons. The molecule has 0 amide bonds. The minimum Gasteiger partial charge on any atom is -0.461 e. The van der Waals surface area contributed by atoms with Crippen LogP contribution in [0.1, 0.15) is 64.1 Å². The van der Waals surface area contributed by atoms with Crippen molar-refractivity contribution in [1.82, 2.24) is 0 Å². The molecule has 0 bridgehead atoms. The summed E-state index contributed by atoms with van der Waals surface area (Å²) in [5.74, 6) is 1.15. The Balaban J connectivity index is 1.60. The van der Waals surface area contributed by atoms with E-state index in [4.69, 9.17) is 4.42 Å². The number of hydrogen-bond donors (Lipinski definition) is 0. The summed E-state index contributed by atoms with van der Waals surface area (Å²) in [5, 5.41) is 1.23. The van der Waals surface area contributed by atoms with Crippen molar-refractivity contribution in [1.29, 1.82) is 0 Å². The first-order valence-electron chi connectivity index (χ1n) is 7.87. The summed E-state index contributed by atoms with van der Waals surface area (Å²) in [6.45, 7) is 2.27. The van der Waals surface area contributed by atoms with E-state index in [0.717, 1.165) is 17.8 Å². The summed E-state index contributed by atoms with van der Waals surface area (Å²) in [6, 6.07) is 10.5. The Hall–Kier alpha value is -1.24. The predicted octanol–water partition coefficient (Wildman–Crippen LogP) is 6.12. The number of fused-ring (bicyclic) bond motifs is 1. The van der Waals surface area contributed by atoms with Gasteiger partial charge in [-0.1, -0.05) is 70.1 Å². The SMILES string of the molecule is CCCCCCCCCCc1cc2ccccc2o1. The third-order valence-corrected chi connectivity index (χ3v) is 3.75. The Morgan fingerprint density at radius 3 is 2.26 bits per heavy atom. The molecule has 1 aromatic carbocycles. The van der Waals surface area contributed by atoms with Crippen LogP contribution in [-0.4, -0.2) is 0 Å². The van der Waals surface area contributed by atoms with Crippen LogP contribution < -0.4 is 0 Å². The van der Waals surface area contributed by atoms with Crippen LogP contribution in [0.4, 0.5) is 0 Å². The Labute approximate surface area is 117 Å². The lowest BCUT2D eigenvalue weighted by Crippen LogP contribution is -1.84. The maximum Gasteiger partial charge on any atom is 0.134 e. The molecule has 0 unspecified atom stereocenters. The summed E-state index contributed by atoms with van der Waals surface area (Å²) < 4.78 is 5.83. The van der Waals surface area contributed by atoms with Crippen LogP contribution in [0.3, 0.4) is 0 Å². The van der Waals surface area contributed by atoms with Crippen LogP contribution in [0.2, 0.25) is 0 Å². The van der Waals surface area contributed by atoms with Gasteiger partial charge in [-0.15, -0.1) is 0 Å².